The van der Waals surface area contributed by atoms with Crippen LogP contribution in [-0.2, 0) is 6.42 Å². The Bertz CT molecular complexity index is 520. The van der Waals surface area contributed by atoms with E-state index in [2.05, 4.69) is 19.1 Å². The highest BCUT2D eigenvalue weighted by molar-refractivity contribution is 5.35. The van der Waals surface area contributed by atoms with E-state index in [0.717, 1.165) is 17.9 Å². The van der Waals surface area contributed by atoms with E-state index in [1.807, 2.05) is 43.3 Å². The fraction of sp³-hybridized carbons (Fsp3) is 0.250. The molecule has 2 rings (SSSR count). The number of hydrogen-bond acceptors (Lipinski definition) is 2. The molecule has 2 heteroatoms. The molecule has 0 heterocycles. The number of ether oxygens (including phenoxy) is 1. The molecule has 2 N–H and O–H groups in total. The molecule has 0 bridgehead atoms. The Morgan fingerprint density at radius 2 is 1.72 bits per heavy atom. The molecule has 1 unspecified atom stereocenters. The summed E-state index contributed by atoms with van der Waals surface area (Å²) in [6, 6.07) is 16.3. The van der Waals surface area contributed by atoms with Gasteiger partial charge >= 0.3 is 0 Å². The van der Waals surface area contributed by atoms with Gasteiger partial charge in [-0.3, -0.25) is 0 Å². The molecule has 0 saturated carbocycles. The normalized spacial score (nSPS) is 12.2. The Kier molecular flexibility index (Phi) is 4.00. The first-order valence-electron chi connectivity index (χ1n) is 6.22. The van der Waals surface area contributed by atoms with Gasteiger partial charge in [0, 0.05) is 6.04 Å². The maximum Gasteiger partial charge on any atom is 0.127 e. The van der Waals surface area contributed by atoms with Gasteiger partial charge in [-0.25, -0.2) is 0 Å². The van der Waals surface area contributed by atoms with E-state index in [1.54, 1.807) is 0 Å². The van der Waals surface area contributed by atoms with E-state index in [0.29, 0.717) is 0 Å². The Hall–Kier alpha value is -1.80. The monoisotopic (exact) mass is 241 g/mol. The fourth-order valence-corrected chi connectivity index (χ4v) is 1.92. The maximum absolute atomic E-state index is 5.84. The third kappa shape index (κ3) is 3.60. The number of benzene rings is 2. The smallest absolute Gasteiger partial charge is 0.127 e. The molecule has 1 atom stereocenters. The van der Waals surface area contributed by atoms with Gasteiger partial charge in [0.1, 0.15) is 11.5 Å². The minimum absolute atomic E-state index is 0.166. The molecule has 2 nitrogen and oxygen atoms in total. The summed E-state index contributed by atoms with van der Waals surface area (Å²) in [5, 5.41) is 0. The van der Waals surface area contributed by atoms with Crippen molar-refractivity contribution in [2.75, 3.05) is 0 Å². The minimum Gasteiger partial charge on any atom is -0.457 e. The molecule has 0 fully saturated rings. The van der Waals surface area contributed by atoms with Crippen LogP contribution in [0.1, 0.15) is 18.1 Å². The quantitative estimate of drug-likeness (QED) is 0.886. The van der Waals surface area contributed by atoms with Gasteiger partial charge in [-0.1, -0.05) is 24.3 Å². The van der Waals surface area contributed by atoms with E-state index in [-0.39, 0.29) is 6.04 Å². The third-order valence-corrected chi connectivity index (χ3v) is 2.68. The average molecular weight is 241 g/mol. The van der Waals surface area contributed by atoms with Crippen LogP contribution in [0.4, 0.5) is 0 Å². The zero-order valence-electron chi connectivity index (χ0n) is 10.9. The topological polar surface area (TPSA) is 35.2 Å². The molecule has 0 aliphatic heterocycles. The van der Waals surface area contributed by atoms with Gasteiger partial charge in [-0.2, -0.15) is 0 Å². The minimum atomic E-state index is 0.166. The highest BCUT2D eigenvalue weighted by Gasteiger charge is 2.01. The summed E-state index contributed by atoms with van der Waals surface area (Å²) in [6.45, 7) is 4.06. The average Bonchev–Trinajstić information content (AvgIpc) is 2.28. The van der Waals surface area contributed by atoms with Crippen LogP contribution < -0.4 is 10.5 Å². The van der Waals surface area contributed by atoms with Crippen molar-refractivity contribution in [2.45, 2.75) is 26.3 Å². The Morgan fingerprint density at radius 1 is 1.06 bits per heavy atom. The predicted octanol–water partition coefficient (Wildman–Crippen LogP) is 3.68. The molecule has 2 aromatic carbocycles. The molecule has 0 aromatic heterocycles. The first-order chi connectivity index (χ1) is 8.63. The number of aryl methyl sites for hydroxylation is 1. The van der Waals surface area contributed by atoms with Crippen molar-refractivity contribution < 1.29 is 4.74 Å². The summed E-state index contributed by atoms with van der Waals surface area (Å²) in [7, 11) is 0. The van der Waals surface area contributed by atoms with Crippen LogP contribution >= 0.6 is 0 Å². The van der Waals surface area contributed by atoms with Gasteiger partial charge in [0.05, 0.1) is 0 Å². The Balaban J connectivity index is 2.14. The second kappa shape index (κ2) is 5.69. The molecule has 94 valence electrons. The molecule has 0 aliphatic carbocycles. The summed E-state index contributed by atoms with van der Waals surface area (Å²) in [6.07, 6.45) is 0.866. The van der Waals surface area contributed by atoms with E-state index >= 15 is 0 Å². The lowest BCUT2D eigenvalue weighted by Crippen LogP contribution is -2.17. The Morgan fingerprint density at radius 3 is 2.39 bits per heavy atom. The lowest BCUT2D eigenvalue weighted by atomic mass is 10.1. The van der Waals surface area contributed by atoms with Gasteiger partial charge in [-0.15, -0.1) is 0 Å². The van der Waals surface area contributed by atoms with Crippen molar-refractivity contribution in [2.24, 2.45) is 5.73 Å². The first-order valence-corrected chi connectivity index (χ1v) is 6.22. The van der Waals surface area contributed by atoms with Crippen molar-refractivity contribution in [1.29, 1.82) is 0 Å². The zero-order valence-corrected chi connectivity index (χ0v) is 10.9. The van der Waals surface area contributed by atoms with E-state index in [4.69, 9.17) is 10.5 Å². The van der Waals surface area contributed by atoms with Gasteiger partial charge in [0.2, 0.25) is 0 Å². The van der Waals surface area contributed by atoms with Crippen molar-refractivity contribution in [3.63, 3.8) is 0 Å². The molecule has 18 heavy (non-hydrogen) atoms. The van der Waals surface area contributed by atoms with Gasteiger partial charge in [0.15, 0.2) is 0 Å². The van der Waals surface area contributed by atoms with Gasteiger partial charge in [0.25, 0.3) is 0 Å². The number of hydrogen-bond donors (Lipinski definition) is 1. The third-order valence-electron chi connectivity index (χ3n) is 2.68. The maximum atomic E-state index is 5.84. The fourth-order valence-electron chi connectivity index (χ4n) is 1.92. The number of nitrogens with two attached hydrogens (primary N) is 1. The van der Waals surface area contributed by atoms with Gasteiger partial charge in [-0.05, 0) is 55.7 Å². The van der Waals surface area contributed by atoms with Crippen LogP contribution in [-0.4, -0.2) is 6.04 Å². The van der Waals surface area contributed by atoms with Crippen molar-refractivity contribution in [3.05, 3.63) is 59.7 Å². The van der Waals surface area contributed by atoms with Crippen LogP contribution in [0.25, 0.3) is 0 Å². The van der Waals surface area contributed by atoms with Crippen molar-refractivity contribution >= 4 is 0 Å². The SMILES string of the molecule is Cc1cccc(Oc2cccc(CC(C)N)c2)c1. The highest BCUT2D eigenvalue weighted by atomic mass is 16.5. The van der Waals surface area contributed by atoms with Crippen LogP contribution in [0.3, 0.4) is 0 Å². The molecule has 2 aromatic rings. The molecule has 0 spiro atoms. The lowest BCUT2D eigenvalue weighted by Gasteiger charge is -2.09. The van der Waals surface area contributed by atoms with Crippen molar-refractivity contribution in [1.82, 2.24) is 0 Å². The first kappa shape index (κ1) is 12.7. The van der Waals surface area contributed by atoms with Crippen LogP contribution in [0, 0.1) is 6.92 Å². The standard InChI is InChI=1S/C16H19NO/c1-12-5-3-7-15(9-12)18-16-8-4-6-14(11-16)10-13(2)17/h3-9,11,13H,10,17H2,1-2H3. The summed E-state index contributed by atoms with van der Waals surface area (Å²) in [4.78, 5) is 0. The summed E-state index contributed by atoms with van der Waals surface area (Å²) in [5.74, 6) is 1.73. The molecule has 0 amide bonds. The molecular formula is C16H19NO. The predicted molar refractivity (Wildman–Crippen MR) is 75.0 cm³/mol. The van der Waals surface area contributed by atoms with E-state index in [9.17, 15) is 0 Å². The summed E-state index contributed by atoms with van der Waals surface area (Å²) in [5.41, 5.74) is 8.20. The van der Waals surface area contributed by atoms with Crippen LogP contribution in [0.2, 0.25) is 0 Å². The molecule has 0 saturated heterocycles. The van der Waals surface area contributed by atoms with E-state index in [1.165, 1.54) is 11.1 Å². The Labute approximate surface area is 108 Å². The van der Waals surface area contributed by atoms with E-state index < -0.39 is 0 Å². The largest absolute Gasteiger partial charge is 0.457 e. The zero-order chi connectivity index (χ0) is 13.0. The van der Waals surface area contributed by atoms with Crippen molar-refractivity contribution in [3.8, 4) is 11.5 Å². The van der Waals surface area contributed by atoms with Crippen LogP contribution in [0.15, 0.2) is 48.5 Å². The summed E-state index contributed by atoms with van der Waals surface area (Å²) < 4.78 is 5.84. The number of rotatable bonds is 4. The van der Waals surface area contributed by atoms with Gasteiger partial charge < -0.3 is 10.5 Å². The molecule has 0 radical (unpaired) electrons. The molecule has 0 aliphatic rings. The second-order valence-electron chi connectivity index (χ2n) is 4.75. The lowest BCUT2D eigenvalue weighted by molar-refractivity contribution is 0.481. The second-order valence-corrected chi connectivity index (χ2v) is 4.75. The molecular weight excluding hydrogens is 222 g/mol. The summed E-state index contributed by atoms with van der Waals surface area (Å²) >= 11 is 0. The van der Waals surface area contributed by atoms with Crippen LogP contribution in [0.5, 0.6) is 11.5 Å². The highest BCUT2D eigenvalue weighted by Crippen LogP contribution is 2.23.